The van der Waals surface area contributed by atoms with E-state index in [1.807, 2.05) is 0 Å². The summed E-state index contributed by atoms with van der Waals surface area (Å²) in [5.74, 6) is 1.83. The Balaban J connectivity index is 0.00000243. The molecule has 1 saturated heterocycles. The standard InChI is InChI=1S/C17H21F2N3O3.ClH/c1-23-14-10-12(3-4-13(14)24-17(18)19)16-21-15(25-22-16)5-2-11-6-8-20-9-7-11;/h3-4,10-11,17,20H,2,5-9H2,1H3;1H. The molecule has 0 spiro atoms. The van der Waals surface area contributed by atoms with Crippen molar-refractivity contribution >= 4 is 12.4 Å². The normalized spacial score (nSPS) is 14.9. The van der Waals surface area contributed by atoms with Crippen molar-refractivity contribution in [2.75, 3.05) is 20.2 Å². The van der Waals surface area contributed by atoms with E-state index >= 15 is 0 Å². The molecule has 0 unspecified atom stereocenters. The third-order valence-corrected chi connectivity index (χ3v) is 4.33. The van der Waals surface area contributed by atoms with E-state index in [1.165, 1.54) is 26.0 Å². The number of rotatable bonds is 7. The van der Waals surface area contributed by atoms with Crippen LogP contribution in [0, 0.1) is 5.92 Å². The number of ether oxygens (including phenoxy) is 2. The SMILES string of the molecule is COc1cc(-c2noc(CCC3CCNCC3)n2)ccc1OC(F)F.Cl. The second kappa shape index (κ2) is 9.68. The number of piperidine rings is 1. The molecule has 1 aliphatic heterocycles. The third kappa shape index (κ3) is 5.28. The van der Waals surface area contributed by atoms with Gasteiger partial charge in [0, 0.05) is 12.0 Å². The predicted octanol–water partition coefficient (Wildman–Crippen LogP) is 3.70. The van der Waals surface area contributed by atoms with Gasteiger partial charge in [-0.15, -0.1) is 12.4 Å². The number of alkyl halides is 2. The van der Waals surface area contributed by atoms with Gasteiger partial charge in [-0.05, 0) is 56.5 Å². The summed E-state index contributed by atoms with van der Waals surface area (Å²) in [6.07, 6.45) is 4.10. The molecular formula is C17H22ClF2N3O3. The number of benzene rings is 1. The van der Waals surface area contributed by atoms with Gasteiger partial charge in [0.2, 0.25) is 11.7 Å². The first-order valence-electron chi connectivity index (χ1n) is 8.32. The van der Waals surface area contributed by atoms with Crippen LogP contribution in [-0.2, 0) is 6.42 Å². The molecule has 9 heteroatoms. The maximum absolute atomic E-state index is 12.4. The van der Waals surface area contributed by atoms with Gasteiger partial charge in [0.1, 0.15) is 0 Å². The minimum atomic E-state index is -2.91. The highest BCUT2D eigenvalue weighted by Crippen LogP contribution is 2.32. The van der Waals surface area contributed by atoms with Crippen LogP contribution in [0.25, 0.3) is 11.4 Å². The molecule has 2 aromatic rings. The van der Waals surface area contributed by atoms with Gasteiger partial charge >= 0.3 is 6.61 Å². The van der Waals surface area contributed by atoms with Gasteiger partial charge in [0.05, 0.1) is 7.11 Å². The highest BCUT2D eigenvalue weighted by Gasteiger charge is 2.17. The van der Waals surface area contributed by atoms with Crippen molar-refractivity contribution in [2.24, 2.45) is 5.92 Å². The summed E-state index contributed by atoms with van der Waals surface area (Å²) in [6.45, 7) is -0.786. The van der Waals surface area contributed by atoms with Crippen LogP contribution >= 0.6 is 12.4 Å². The zero-order valence-electron chi connectivity index (χ0n) is 14.4. The van der Waals surface area contributed by atoms with E-state index in [0.717, 1.165) is 25.9 Å². The molecule has 0 atom stereocenters. The average molecular weight is 390 g/mol. The number of halogens is 3. The molecular weight excluding hydrogens is 368 g/mol. The van der Waals surface area contributed by atoms with E-state index in [4.69, 9.17) is 9.26 Å². The molecule has 0 saturated carbocycles. The van der Waals surface area contributed by atoms with Crippen LogP contribution in [0.15, 0.2) is 22.7 Å². The smallest absolute Gasteiger partial charge is 0.387 e. The topological polar surface area (TPSA) is 69.4 Å². The first-order chi connectivity index (χ1) is 12.2. The van der Waals surface area contributed by atoms with Crippen LogP contribution < -0.4 is 14.8 Å². The molecule has 0 amide bonds. The Hall–Kier alpha value is -1.93. The molecule has 2 heterocycles. The number of aromatic nitrogens is 2. The van der Waals surface area contributed by atoms with Crippen molar-refractivity contribution in [1.82, 2.24) is 15.5 Å². The molecule has 3 rings (SSSR count). The Kier molecular flexibility index (Phi) is 7.59. The summed E-state index contributed by atoms with van der Waals surface area (Å²) in [5, 5.41) is 7.32. The van der Waals surface area contributed by atoms with Crippen molar-refractivity contribution in [1.29, 1.82) is 0 Å². The molecule has 6 nitrogen and oxygen atoms in total. The predicted molar refractivity (Wildman–Crippen MR) is 94.1 cm³/mol. The fourth-order valence-electron chi connectivity index (χ4n) is 2.97. The quantitative estimate of drug-likeness (QED) is 0.778. The van der Waals surface area contributed by atoms with Crippen LogP contribution in [0.3, 0.4) is 0 Å². The Morgan fingerprint density at radius 3 is 2.73 bits per heavy atom. The van der Waals surface area contributed by atoms with E-state index in [1.54, 1.807) is 12.1 Å². The molecule has 0 radical (unpaired) electrons. The summed E-state index contributed by atoms with van der Waals surface area (Å²) in [5.41, 5.74) is 0.621. The van der Waals surface area contributed by atoms with E-state index < -0.39 is 6.61 Å². The molecule has 0 aliphatic carbocycles. The van der Waals surface area contributed by atoms with E-state index in [0.29, 0.717) is 23.2 Å². The molecule has 1 aliphatic rings. The molecule has 144 valence electrons. The first kappa shape index (κ1) is 20.4. The van der Waals surface area contributed by atoms with Gasteiger partial charge in [-0.1, -0.05) is 5.16 Å². The van der Waals surface area contributed by atoms with Crippen LogP contribution in [-0.4, -0.2) is 37.0 Å². The Bertz CT molecular complexity index is 694. The molecule has 1 fully saturated rings. The van der Waals surface area contributed by atoms with Gasteiger partial charge in [0.25, 0.3) is 0 Å². The number of hydrogen-bond donors (Lipinski definition) is 1. The number of hydrogen-bond acceptors (Lipinski definition) is 6. The van der Waals surface area contributed by atoms with E-state index in [9.17, 15) is 8.78 Å². The molecule has 0 bridgehead atoms. The summed E-state index contributed by atoms with van der Waals surface area (Å²) in [4.78, 5) is 4.39. The average Bonchev–Trinajstić information content (AvgIpc) is 3.10. The number of methoxy groups -OCH3 is 1. The van der Waals surface area contributed by atoms with Gasteiger partial charge in [-0.3, -0.25) is 0 Å². The number of nitrogens with zero attached hydrogens (tertiary/aromatic N) is 2. The van der Waals surface area contributed by atoms with Crippen molar-refractivity contribution in [3.63, 3.8) is 0 Å². The highest BCUT2D eigenvalue weighted by atomic mass is 35.5. The first-order valence-corrected chi connectivity index (χ1v) is 8.32. The lowest BCUT2D eigenvalue weighted by Gasteiger charge is -2.21. The summed E-state index contributed by atoms with van der Waals surface area (Å²) in [6, 6.07) is 4.56. The fourth-order valence-corrected chi connectivity index (χ4v) is 2.97. The van der Waals surface area contributed by atoms with Crippen LogP contribution in [0.5, 0.6) is 11.5 Å². The van der Waals surface area contributed by atoms with Crippen LogP contribution in [0.2, 0.25) is 0 Å². The third-order valence-electron chi connectivity index (χ3n) is 4.33. The van der Waals surface area contributed by atoms with Gasteiger partial charge < -0.3 is 19.3 Å². The zero-order valence-corrected chi connectivity index (χ0v) is 15.2. The van der Waals surface area contributed by atoms with Crippen LogP contribution in [0.4, 0.5) is 8.78 Å². The van der Waals surface area contributed by atoms with Gasteiger partial charge in [-0.2, -0.15) is 13.8 Å². The largest absolute Gasteiger partial charge is 0.493 e. The van der Waals surface area contributed by atoms with Crippen molar-refractivity contribution in [3.8, 4) is 22.9 Å². The molecule has 1 aromatic heterocycles. The second-order valence-corrected chi connectivity index (χ2v) is 5.99. The molecule has 1 N–H and O–H groups in total. The second-order valence-electron chi connectivity index (χ2n) is 5.99. The maximum Gasteiger partial charge on any atom is 0.387 e. The minimum absolute atomic E-state index is 0. The zero-order chi connectivity index (χ0) is 17.6. The van der Waals surface area contributed by atoms with Crippen LogP contribution in [0.1, 0.15) is 25.2 Å². The van der Waals surface area contributed by atoms with Crippen molar-refractivity contribution < 1.29 is 22.8 Å². The summed E-state index contributed by atoms with van der Waals surface area (Å²) < 4.78 is 39.6. The minimum Gasteiger partial charge on any atom is -0.493 e. The lowest BCUT2D eigenvalue weighted by molar-refractivity contribution is -0.0512. The lowest BCUT2D eigenvalue weighted by Crippen LogP contribution is -2.27. The summed E-state index contributed by atoms with van der Waals surface area (Å²) in [7, 11) is 1.39. The molecule has 1 aromatic carbocycles. The lowest BCUT2D eigenvalue weighted by atomic mass is 9.93. The Labute approximate surface area is 156 Å². The van der Waals surface area contributed by atoms with E-state index in [2.05, 4.69) is 20.2 Å². The van der Waals surface area contributed by atoms with E-state index in [-0.39, 0.29) is 23.9 Å². The van der Waals surface area contributed by atoms with Gasteiger partial charge in [0.15, 0.2) is 11.5 Å². The highest BCUT2D eigenvalue weighted by molar-refractivity contribution is 5.85. The van der Waals surface area contributed by atoms with Gasteiger partial charge in [-0.25, -0.2) is 0 Å². The van der Waals surface area contributed by atoms with Crippen molar-refractivity contribution in [2.45, 2.75) is 32.3 Å². The Morgan fingerprint density at radius 1 is 1.27 bits per heavy atom. The number of nitrogens with one attached hydrogen (secondary N) is 1. The molecule has 26 heavy (non-hydrogen) atoms. The monoisotopic (exact) mass is 389 g/mol. The maximum atomic E-state index is 12.4. The Morgan fingerprint density at radius 2 is 2.04 bits per heavy atom. The number of aryl methyl sites for hydroxylation is 1. The van der Waals surface area contributed by atoms with Crippen molar-refractivity contribution in [3.05, 3.63) is 24.1 Å². The summed E-state index contributed by atoms with van der Waals surface area (Å²) >= 11 is 0. The fraction of sp³-hybridized carbons (Fsp3) is 0.529.